The lowest BCUT2D eigenvalue weighted by molar-refractivity contribution is 0.318. The van der Waals surface area contributed by atoms with E-state index in [9.17, 15) is 4.39 Å². The lowest BCUT2D eigenvalue weighted by Crippen LogP contribution is -2.14. The SMILES string of the molecule is [B]OC[C@H](Br)C[C@H](F)C=N. The van der Waals surface area contributed by atoms with Gasteiger partial charge in [0, 0.05) is 17.6 Å². The van der Waals surface area contributed by atoms with Crippen molar-refractivity contribution in [3.63, 3.8) is 0 Å². The minimum absolute atomic E-state index is 0.117. The third-order valence-corrected chi connectivity index (χ3v) is 1.58. The number of hydrogen-bond donors (Lipinski definition) is 1. The van der Waals surface area contributed by atoms with Gasteiger partial charge in [-0.05, 0) is 6.42 Å². The van der Waals surface area contributed by atoms with E-state index in [0.29, 0.717) is 0 Å². The third kappa shape index (κ3) is 4.94. The molecule has 2 radical (unpaired) electrons. The molecule has 0 aliphatic rings. The summed E-state index contributed by atoms with van der Waals surface area (Å²) in [7, 11) is 4.74. The maximum atomic E-state index is 12.3. The van der Waals surface area contributed by atoms with Crippen LogP contribution in [-0.2, 0) is 4.65 Å². The quantitative estimate of drug-likeness (QED) is 0.411. The van der Waals surface area contributed by atoms with Gasteiger partial charge in [-0.1, -0.05) is 15.9 Å². The van der Waals surface area contributed by atoms with Gasteiger partial charge in [0.2, 0.25) is 0 Å². The summed E-state index contributed by atoms with van der Waals surface area (Å²) in [6, 6.07) is 0. The van der Waals surface area contributed by atoms with Crippen molar-refractivity contribution in [1.29, 1.82) is 5.41 Å². The Morgan fingerprint density at radius 2 is 2.40 bits per heavy atom. The highest BCUT2D eigenvalue weighted by Gasteiger charge is 2.09. The first kappa shape index (κ1) is 10.1. The molecule has 1 N–H and O–H groups in total. The Morgan fingerprint density at radius 3 is 2.80 bits per heavy atom. The Kier molecular flexibility index (Phi) is 5.92. The van der Waals surface area contributed by atoms with Crippen LogP contribution in [0.2, 0.25) is 0 Å². The molecular weight excluding hydrogens is 200 g/mol. The highest BCUT2D eigenvalue weighted by molar-refractivity contribution is 9.09. The standard InChI is InChI=1S/C5H8BBrFNO/c6-10-3-4(7)1-5(8)2-9/h2,4-5,9H,1,3H2/t4-,5+/m1/s1. The number of nitrogens with one attached hydrogen (secondary N) is 1. The van der Waals surface area contributed by atoms with E-state index in [0.717, 1.165) is 6.21 Å². The Balaban J connectivity index is 3.36. The summed E-state index contributed by atoms with van der Waals surface area (Å²) in [4.78, 5) is -0.117. The van der Waals surface area contributed by atoms with Gasteiger partial charge in [0.05, 0.1) is 0 Å². The largest absolute Gasteiger partial charge is 0.446 e. The van der Waals surface area contributed by atoms with Crippen LogP contribution in [0.1, 0.15) is 6.42 Å². The minimum atomic E-state index is -1.21. The van der Waals surface area contributed by atoms with Crippen molar-refractivity contribution in [1.82, 2.24) is 0 Å². The Bertz CT molecular complexity index is 106. The second kappa shape index (κ2) is 5.86. The average Bonchev–Trinajstić information content (AvgIpc) is 1.88. The number of alkyl halides is 2. The molecule has 0 aliphatic heterocycles. The van der Waals surface area contributed by atoms with Crippen LogP contribution in [-0.4, -0.2) is 31.9 Å². The van der Waals surface area contributed by atoms with Crippen molar-refractivity contribution < 1.29 is 9.04 Å². The second-order valence-electron chi connectivity index (χ2n) is 1.85. The van der Waals surface area contributed by atoms with Gasteiger partial charge in [-0.15, -0.1) is 0 Å². The summed E-state index contributed by atoms with van der Waals surface area (Å²) in [6.07, 6.45) is -0.231. The lowest BCUT2D eigenvalue weighted by Gasteiger charge is -2.08. The monoisotopic (exact) mass is 207 g/mol. The maximum Gasteiger partial charge on any atom is 0.282 e. The molecule has 0 saturated carbocycles. The van der Waals surface area contributed by atoms with Crippen molar-refractivity contribution in [2.75, 3.05) is 6.61 Å². The molecule has 2 atom stereocenters. The van der Waals surface area contributed by atoms with Crippen LogP contribution < -0.4 is 0 Å². The topological polar surface area (TPSA) is 33.1 Å². The molecule has 5 heteroatoms. The third-order valence-electron chi connectivity index (χ3n) is 0.939. The van der Waals surface area contributed by atoms with E-state index in [-0.39, 0.29) is 17.9 Å². The van der Waals surface area contributed by atoms with Crippen molar-refractivity contribution >= 4 is 30.2 Å². The summed E-state index contributed by atoms with van der Waals surface area (Å²) in [5.74, 6) is 0. The predicted molar refractivity (Wildman–Crippen MR) is 42.7 cm³/mol. The molecule has 10 heavy (non-hydrogen) atoms. The van der Waals surface area contributed by atoms with Crippen molar-refractivity contribution in [2.24, 2.45) is 0 Å². The molecular formula is C5H8BBrFNO. The van der Waals surface area contributed by atoms with E-state index in [1.54, 1.807) is 0 Å². The molecule has 0 bridgehead atoms. The maximum absolute atomic E-state index is 12.3. The molecule has 0 unspecified atom stereocenters. The summed E-state index contributed by atoms with van der Waals surface area (Å²) in [5, 5.41) is 6.54. The van der Waals surface area contributed by atoms with Gasteiger partial charge in [-0.3, -0.25) is 0 Å². The molecule has 2 nitrogen and oxygen atoms in total. The smallest absolute Gasteiger partial charge is 0.282 e. The van der Waals surface area contributed by atoms with Gasteiger partial charge in [0.25, 0.3) is 8.05 Å². The zero-order valence-corrected chi connectivity index (χ0v) is 6.97. The fourth-order valence-electron chi connectivity index (χ4n) is 0.485. The van der Waals surface area contributed by atoms with Gasteiger partial charge in [-0.2, -0.15) is 0 Å². The molecule has 0 aromatic carbocycles. The highest BCUT2D eigenvalue weighted by atomic mass is 79.9. The first-order valence-corrected chi connectivity index (χ1v) is 3.72. The number of halogens is 2. The Labute approximate surface area is 69.2 Å². The van der Waals surface area contributed by atoms with Crippen LogP contribution in [0.25, 0.3) is 0 Å². The molecule has 0 spiro atoms. The van der Waals surface area contributed by atoms with E-state index in [4.69, 9.17) is 13.5 Å². The molecule has 0 rings (SSSR count). The van der Waals surface area contributed by atoms with Gasteiger partial charge in [-0.25, -0.2) is 4.39 Å². The zero-order chi connectivity index (χ0) is 7.98. The van der Waals surface area contributed by atoms with Crippen LogP contribution in [0.4, 0.5) is 4.39 Å². The van der Waals surface area contributed by atoms with Crippen LogP contribution in [0.15, 0.2) is 0 Å². The summed E-state index contributed by atoms with van der Waals surface area (Å²) >= 11 is 3.13. The average molecular weight is 208 g/mol. The summed E-state index contributed by atoms with van der Waals surface area (Å²) in [5.41, 5.74) is 0. The van der Waals surface area contributed by atoms with E-state index in [2.05, 4.69) is 20.6 Å². The Morgan fingerprint density at radius 1 is 1.80 bits per heavy atom. The molecule has 56 valence electrons. The van der Waals surface area contributed by atoms with Crippen molar-refractivity contribution in [2.45, 2.75) is 17.4 Å². The lowest BCUT2D eigenvalue weighted by atomic mass is 10.2. The van der Waals surface area contributed by atoms with E-state index < -0.39 is 6.17 Å². The normalized spacial score (nSPS) is 16.2. The summed E-state index contributed by atoms with van der Waals surface area (Å²) < 4.78 is 16.6. The fraction of sp³-hybridized carbons (Fsp3) is 0.800. The molecule has 0 fully saturated rings. The zero-order valence-electron chi connectivity index (χ0n) is 5.39. The molecule has 0 saturated heterocycles. The highest BCUT2D eigenvalue weighted by Crippen LogP contribution is 2.09. The molecule has 0 aromatic rings. The minimum Gasteiger partial charge on any atom is -0.446 e. The molecule has 0 aromatic heterocycles. The molecule has 0 aliphatic carbocycles. The van der Waals surface area contributed by atoms with E-state index in [1.807, 2.05) is 0 Å². The van der Waals surface area contributed by atoms with Gasteiger partial charge in [0.1, 0.15) is 6.17 Å². The number of rotatable bonds is 5. The van der Waals surface area contributed by atoms with Crippen LogP contribution in [0, 0.1) is 5.41 Å². The van der Waals surface area contributed by atoms with Gasteiger partial charge in [0.15, 0.2) is 0 Å². The predicted octanol–water partition coefficient (Wildman–Crippen LogP) is 1.23. The van der Waals surface area contributed by atoms with E-state index >= 15 is 0 Å². The number of hydrogen-bond acceptors (Lipinski definition) is 2. The fourth-order valence-corrected chi connectivity index (χ4v) is 0.995. The first-order chi connectivity index (χ1) is 4.70. The van der Waals surface area contributed by atoms with E-state index in [1.165, 1.54) is 0 Å². The molecule has 0 heterocycles. The second-order valence-corrected chi connectivity index (χ2v) is 3.14. The van der Waals surface area contributed by atoms with Crippen molar-refractivity contribution in [3.8, 4) is 0 Å². The first-order valence-electron chi connectivity index (χ1n) is 2.81. The van der Waals surface area contributed by atoms with Gasteiger partial charge < -0.3 is 10.1 Å². The Hall–Kier alpha value is 0.105. The van der Waals surface area contributed by atoms with Crippen molar-refractivity contribution in [3.05, 3.63) is 0 Å². The van der Waals surface area contributed by atoms with Crippen LogP contribution in [0.5, 0.6) is 0 Å². The van der Waals surface area contributed by atoms with Crippen LogP contribution >= 0.6 is 15.9 Å². The van der Waals surface area contributed by atoms with Crippen LogP contribution in [0.3, 0.4) is 0 Å². The molecule has 0 amide bonds. The van der Waals surface area contributed by atoms with Gasteiger partial charge >= 0.3 is 0 Å². The summed E-state index contributed by atoms with van der Waals surface area (Å²) in [6.45, 7) is 0.258.